The highest BCUT2D eigenvalue weighted by Crippen LogP contribution is 2.32. The first kappa shape index (κ1) is 16.0. The average molecular weight is 316 g/mol. The summed E-state index contributed by atoms with van der Waals surface area (Å²) in [5.41, 5.74) is 2.86. The quantitative estimate of drug-likeness (QED) is 0.486. The van der Waals surface area contributed by atoms with Crippen LogP contribution in [-0.2, 0) is 5.41 Å². The Balaban J connectivity index is 1.77. The minimum Gasteiger partial charge on any atom is -0.423 e. The van der Waals surface area contributed by atoms with E-state index in [2.05, 4.69) is 26.0 Å². The lowest BCUT2D eigenvalue weighted by Gasteiger charge is -2.26. The maximum Gasteiger partial charge on any atom is 0.343 e. The fourth-order valence-electron chi connectivity index (χ4n) is 2.70. The molecule has 0 atom stereocenters. The standard InChI is InChI=1S/C22H20O2/c1-22(2,18-11-7-4-8-12-18)19-13-15-20(16-14-19)24-21(23)17-9-5-3-6-10-17/h3-16H,1-2H3. The van der Waals surface area contributed by atoms with Crippen molar-refractivity contribution in [2.24, 2.45) is 0 Å². The molecular weight excluding hydrogens is 296 g/mol. The van der Waals surface area contributed by atoms with Gasteiger partial charge < -0.3 is 4.74 Å². The lowest BCUT2D eigenvalue weighted by Crippen LogP contribution is -2.18. The van der Waals surface area contributed by atoms with Crippen LogP contribution in [0.3, 0.4) is 0 Å². The Bertz CT molecular complexity index is 804. The van der Waals surface area contributed by atoms with Crippen molar-refractivity contribution < 1.29 is 9.53 Å². The van der Waals surface area contributed by atoms with Crippen LogP contribution in [0.5, 0.6) is 5.75 Å². The number of hydrogen-bond donors (Lipinski definition) is 0. The molecule has 3 aromatic carbocycles. The SMILES string of the molecule is CC(C)(c1ccccc1)c1ccc(OC(=O)c2ccccc2)cc1. The first-order chi connectivity index (χ1) is 11.6. The molecule has 0 radical (unpaired) electrons. The van der Waals surface area contributed by atoms with Gasteiger partial charge in [-0.2, -0.15) is 0 Å². The van der Waals surface area contributed by atoms with E-state index in [4.69, 9.17) is 4.74 Å². The number of carbonyl (C=O) groups is 1. The van der Waals surface area contributed by atoms with Gasteiger partial charge >= 0.3 is 5.97 Å². The van der Waals surface area contributed by atoms with Crippen molar-refractivity contribution in [2.75, 3.05) is 0 Å². The summed E-state index contributed by atoms with van der Waals surface area (Å²) in [6.45, 7) is 4.38. The normalized spacial score (nSPS) is 11.1. The summed E-state index contributed by atoms with van der Waals surface area (Å²) < 4.78 is 5.43. The maximum atomic E-state index is 12.1. The van der Waals surface area contributed by atoms with Crippen LogP contribution in [0.25, 0.3) is 0 Å². The zero-order valence-corrected chi connectivity index (χ0v) is 13.9. The molecule has 0 bridgehead atoms. The first-order valence-corrected chi connectivity index (χ1v) is 8.01. The molecule has 0 spiro atoms. The molecule has 2 nitrogen and oxygen atoms in total. The number of carbonyl (C=O) groups excluding carboxylic acids is 1. The van der Waals surface area contributed by atoms with E-state index in [1.165, 1.54) is 11.1 Å². The second kappa shape index (κ2) is 6.71. The molecule has 0 saturated carbocycles. The van der Waals surface area contributed by atoms with Crippen molar-refractivity contribution in [2.45, 2.75) is 19.3 Å². The van der Waals surface area contributed by atoms with Crippen LogP contribution in [0.2, 0.25) is 0 Å². The Morgan fingerprint density at radius 2 is 1.21 bits per heavy atom. The van der Waals surface area contributed by atoms with E-state index in [9.17, 15) is 4.79 Å². The number of esters is 1. The molecule has 3 rings (SSSR count). The van der Waals surface area contributed by atoms with Gasteiger partial charge in [-0.3, -0.25) is 0 Å². The lowest BCUT2D eigenvalue weighted by molar-refractivity contribution is 0.0734. The third kappa shape index (κ3) is 3.38. The Morgan fingerprint density at radius 3 is 1.79 bits per heavy atom. The van der Waals surface area contributed by atoms with Crippen molar-refractivity contribution in [3.8, 4) is 5.75 Å². The highest BCUT2D eigenvalue weighted by molar-refractivity contribution is 5.90. The smallest absolute Gasteiger partial charge is 0.343 e. The van der Waals surface area contributed by atoms with Crippen molar-refractivity contribution in [3.63, 3.8) is 0 Å². The van der Waals surface area contributed by atoms with Gasteiger partial charge in [-0.25, -0.2) is 4.79 Å². The fraction of sp³-hybridized carbons (Fsp3) is 0.136. The van der Waals surface area contributed by atoms with Gasteiger partial charge in [-0.1, -0.05) is 74.5 Å². The molecule has 0 N–H and O–H groups in total. The molecule has 24 heavy (non-hydrogen) atoms. The number of hydrogen-bond acceptors (Lipinski definition) is 2. The lowest BCUT2D eigenvalue weighted by atomic mass is 9.78. The summed E-state index contributed by atoms with van der Waals surface area (Å²) in [5, 5.41) is 0. The second-order valence-electron chi connectivity index (χ2n) is 6.27. The zero-order valence-electron chi connectivity index (χ0n) is 13.9. The van der Waals surface area contributed by atoms with Gasteiger partial charge in [0.15, 0.2) is 0 Å². The summed E-state index contributed by atoms with van der Waals surface area (Å²) in [4.78, 5) is 12.1. The minimum absolute atomic E-state index is 0.108. The van der Waals surface area contributed by atoms with Crippen LogP contribution in [-0.4, -0.2) is 5.97 Å². The summed E-state index contributed by atoms with van der Waals surface area (Å²) >= 11 is 0. The van der Waals surface area contributed by atoms with Crippen LogP contribution in [0.1, 0.15) is 35.3 Å². The van der Waals surface area contributed by atoms with Crippen molar-refractivity contribution in [1.82, 2.24) is 0 Å². The summed E-state index contributed by atoms with van der Waals surface area (Å²) in [7, 11) is 0. The van der Waals surface area contributed by atoms with Gasteiger partial charge in [0.1, 0.15) is 5.75 Å². The molecule has 120 valence electrons. The fourth-order valence-corrected chi connectivity index (χ4v) is 2.70. The van der Waals surface area contributed by atoms with E-state index < -0.39 is 0 Å². The zero-order chi connectivity index (χ0) is 17.0. The monoisotopic (exact) mass is 316 g/mol. The molecule has 0 aliphatic carbocycles. The van der Waals surface area contributed by atoms with Crippen LogP contribution < -0.4 is 4.74 Å². The molecule has 0 heterocycles. The van der Waals surface area contributed by atoms with Crippen LogP contribution in [0.4, 0.5) is 0 Å². The minimum atomic E-state index is -0.342. The van der Waals surface area contributed by atoms with Crippen LogP contribution in [0.15, 0.2) is 84.9 Å². The van der Waals surface area contributed by atoms with Crippen molar-refractivity contribution in [1.29, 1.82) is 0 Å². The van der Waals surface area contributed by atoms with Gasteiger partial charge in [0, 0.05) is 5.41 Å². The predicted octanol–water partition coefficient (Wildman–Crippen LogP) is 5.23. The van der Waals surface area contributed by atoms with E-state index in [1.54, 1.807) is 12.1 Å². The van der Waals surface area contributed by atoms with Gasteiger partial charge in [-0.05, 0) is 35.4 Å². The van der Waals surface area contributed by atoms with Gasteiger partial charge in [0.05, 0.1) is 5.56 Å². The Kier molecular flexibility index (Phi) is 4.48. The molecule has 0 fully saturated rings. The van der Waals surface area contributed by atoms with Crippen molar-refractivity contribution >= 4 is 5.97 Å². The largest absolute Gasteiger partial charge is 0.423 e. The summed E-state index contributed by atoms with van der Waals surface area (Å²) in [5.74, 6) is 0.210. The average Bonchev–Trinajstić information content (AvgIpc) is 2.63. The Morgan fingerprint density at radius 1 is 0.708 bits per heavy atom. The van der Waals surface area contributed by atoms with Gasteiger partial charge in [0.2, 0.25) is 0 Å². The molecular formula is C22H20O2. The highest BCUT2D eigenvalue weighted by atomic mass is 16.5. The van der Waals surface area contributed by atoms with E-state index in [1.807, 2.05) is 60.7 Å². The molecule has 0 aliphatic rings. The topological polar surface area (TPSA) is 26.3 Å². The molecule has 0 aromatic heterocycles. The highest BCUT2D eigenvalue weighted by Gasteiger charge is 2.22. The molecule has 2 heteroatoms. The van der Waals surface area contributed by atoms with E-state index >= 15 is 0 Å². The number of benzene rings is 3. The summed E-state index contributed by atoms with van der Waals surface area (Å²) in [6, 6.07) is 27.1. The van der Waals surface area contributed by atoms with E-state index in [0.29, 0.717) is 11.3 Å². The molecule has 0 unspecified atom stereocenters. The predicted molar refractivity (Wildman–Crippen MR) is 96.4 cm³/mol. The van der Waals surface area contributed by atoms with Gasteiger partial charge in [0.25, 0.3) is 0 Å². The van der Waals surface area contributed by atoms with E-state index in [0.717, 1.165) is 0 Å². The third-order valence-electron chi connectivity index (χ3n) is 4.29. The first-order valence-electron chi connectivity index (χ1n) is 8.01. The second-order valence-corrected chi connectivity index (χ2v) is 6.27. The molecule has 0 aliphatic heterocycles. The van der Waals surface area contributed by atoms with Gasteiger partial charge in [-0.15, -0.1) is 0 Å². The Hall–Kier alpha value is -2.87. The van der Waals surface area contributed by atoms with Crippen LogP contribution in [0, 0.1) is 0 Å². The summed E-state index contributed by atoms with van der Waals surface area (Å²) in [6.07, 6.45) is 0. The molecule has 0 amide bonds. The molecule has 3 aromatic rings. The Labute approximate surface area is 142 Å². The number of rotatable bonds is 4. The third-order valence-corrected chi connectivity index (χ3v) is 4.29. The maximum absolute atomic E-state index is 12.1. The molecule has 0 saturated heterocycles. The van der Waals surface area contributed by atoms with Crippen LogP contribution >= 0.6 is 0 Å². The van der Waals surface area contributed by atoms with E-state index in [-0.39, 0.29) is 11.4 Å². The van der Waals surface area contributed by atoms with Crippen molar-refractivity contribution in [3.05, 3.63) is 102 Å². The number of ether oxygens (including phenoxy) is 1.